The molecule has 6 nitrogen and oxygen atoms in total. The van der Waals surface area contributed by atoms with Crippen molar-refractivity contribution >= 4 is 23.5 Å². The average molecular weight is 343 g/mol. The third-order valence-electron chi connectivity index (χ3n) is 3.35. The van der Waals surface area contributed by atoms with Crippen molar-refractivity contribution < 1.29 is 14.0 Å². The first kappa shape index (κ1) is 17.8. The molecule has 1 N–H and O–H groups in total. The lowest BCUT2D eigenvalue weighted by molar-refractivity contribution is -0.120. The molecule has 0 bridgehead atoms. The molecule has 0 saturated carbocycles. The second kappa shape index (κ2) is 7.79. The minimum absolute atomic E-state index is 0.141. The van der Waals surface area contributed by atoms with Gasteiger partial charge in [-0.3, -0.25) is 9.59 Å². The van der Waals surface area contributed by atoms with Crippen LogP contribution in [-0.4, -0.2) is 21.9 Å². The number of thioether (sulfide) groups is 1. The van der Waals surface area contributed by atoms with Gasteiger partial charge in [0.1, 0.15) is 16.9 Å². The molecule has 0 fully saturated rings. The number of Topliss-reactive ketones (excluding diaryl/α,β-unsaturated/α-hetero) is 1. The monoisotopic (exact) mass is 343 g/mol. The Kier molecular flexibility index (Phi) is 5.77. The molecular weight excluding hydrogens is 326 g/mol. The SMILES string of the molecule is CC(=O)c1cc(C#N)c(S[C@@H](C)C(=O)NCc2ccco2)nc1C. The normalized spacial score (nSPS) is 11.6. The highest BCUT2D eigenvalue weighted by atomic mass is 32.2. The van der Waals surface area contributed by atoms with Crippen molar-refractivity contribution in [2.24, 2.45) is 0 Å². The summed E-state index contributed by atoms with van der Waals surface area (Å²) < 4.78 is 5.16. The minimum Gasteiger partial charge on any atom is -0.467 e. The highest BCUT2D eigenvalue weighted by Gasteiger charge is 2.19. The van der Waals surface area contributed by atoms with Gasteiger partial charge in [0.25, 0.3) is 0 Å². The van der Waals surface area contributed by atoms with E-state index in [-0.39, 0.29) is 11.7 Å². The van der Waals surface area contributed by atoms with Gasteiger partial charge in [-0.05, 0) is 39.0 Å². The highest BCUT2D eigenvalue weighted by molar-refractivity contribution is 8.00. The number of carbonyl (C=O) groups is 2. The van der Waals surface area contributed by atoms with E-state index in [0.29, 0.717) is 34.2 Å². The van der Waals surface area contributed by atoms with Gasteiger partial charge in [0.05, 0.1) is 23.6 Å². The fourth-order valence-corrected chi connectivity index (χ4v) is 3.01. The van der Waals surface area contributed by atoms with Crippen LogP contribution in [0.5, 0.6) is 0 Å². The van der Waals surface area contributed by atoms with Crippen molar-refractivity contribution in [3.05, 3.63) is 47.0 Å². The molecule has 0 unspecified atom stereocenters. The van der Waals surface area contributed by atoms with Crippen molar-refractivity contribution in [1.82, 2.24) is 10.3 Å². The van der Waals surface area contributed by atoms with Gasteiger partial charge in [0, 0.05) is 11.3 Å². The highest BCUT2D eigenvalue weighted by Crippen LogP contribution is 2.27. The Bertz CT molecular complexity index is 794. The van der Waals surface area contributed by atoms with Gasteiger partial charge in [-0.25, -0.2) is 4.98 Å². The number of carbonyl (C=O) groups excluding carboxylic acids is 2. The van der Waals surface area contributed by atoms with Crippen molar-refractivity contribution in [2.75, 3.05) is 0 Å². The topological polar surface area (TPSA) is 96.0 Å². The molecule has 7 heteroatoms. The van der Waals surface area contributed by atoms with Crippen molar-refractivity contribution in [1.29, 1.82) is 5.26 Å². The van der Waals surface area contributed by atoms with Crippen LogP contribution < -0.4 is 5.32 Å². The number of amides is 1. The molecule has 0 aliphatic carbocycles. The predicted molar refractivity (Wildman–Crippen MR) is 89.6 cm³/mol. The molecule has 2 heterocycles. The molecular formula is C17H17N3O3S. The number of aromatic nitrogens is 1. The van der Waals surface area contributed by atoms with Crippen LogP contribution in [0.15, 0.2) is 33.9 Å². The van der Waals surface area contributed by atoms with Crippen LogP contribution in [0.4, 0.5) is 0 Å². The Morgan fingerprint density at radius 2 is 2.25 bits per heavy atom. The first-order chi connectivity index (χ1) is 11.4. The number of hydrogen-bond donors (Lipinski definition) is 1. The lowest BCUT2D eigenvalue weighted by Gasteiger charge is -2.13. The first-order valence-electron chi connectivity index (χ1n) is 7.31. The Balaban J connectivity index is 2.09. The molecule has 0 aliphatic rings. The molecule has 1 atom stereocenters. The van der Waals surface area contributed by atoms with E-state index in [9.17, 15) is 14.9 Å². The van der Waals surface area contributed by atoms with Crippen molar-refractivity contribution in [3.63, 3.8) is 0 Å². The molecule has 0 radical (unpaired) electrons. The minimum atomic E-state index is -0.442. The van der Waals surface area contributed by atoms with Crippen LogP contribution in [0.2, 0.25) is 0 Å². The summed E-state index contributed by atoms with van der Waals surface area (Å²) in [6.45, 7) is 5.18. The van der Waals surface area contributed by atoms with E-state index in [2.05, 4.69) is 10.3 Å². The van der Waals surface area contributed by atoms with Crippen LogP contribution in [0.25, 0.3) is 0 Å². The van der Waals surface area contributed by atoms with Crippen LogP contribution in [0, 0.1) is 18.3 Å². The van der Waals surface area contributed by atoms with Gasteiger partial charge in [-0.1, -0.05) is 11.8 Å². The fourth-order valence-electron chi connectivity index (χ4n) is 2.06. The molecule has 124 valence electrons. The lowest BCUT2D eigenvalue weighted by Crippen LogP contribution is -2.30. The van der Waals surface area contributed by atoms with Crippen LogP contribution >= 0.6 is 11.8 Å². The number of nitrogens with zero attached hydrogens (tertiary/aromatic N) is 2. The van der Waals surface area contributed by atoms with E-state index in [1.165, 1.54) is 24.8 Å². The first-order valence-corrected chi connectivity index (χ1v) is 8.19. The Morgan fingerprint density at radius 1 is 1.50 bits per heavy atom. The van der Waals surface area contributed by atoms with E-state index in [1.54, 1.807) is 32.2 Å². The molecule has 2 aromatic heterocycles. The standard InChI is InChI=1S/C17H17N3O3S/c1-10-15(11(2)21)7-13(8-18)17(20-10)24-12(3)16(22)19-9-14-5-4-6-23-14/h4-7,12H,9H2,1-3H3,(H,19,22)/t12-/m0/s1. The summed E-state index contributed by atoms with van der Waals surface area (Å²) in [7, 11) is 0. The van der Waals surface area contributed by atoms with Crippen LogP contribution in [-0.2, 0) is 11.3 Å². The van der Waals surface area contributed by atoms with Crippen molar-refractivity contribution in [2.45, 2.75) is 37.6 Å². The Morgan fingerprint density at radius 3 is 2.83 bits per heavy atom. The number of ketones is 1. The smallest absolute Gasteiger partial charge is 0.233 e. The molecule has 0 aliphatic heterocycles. The summed E-state index contributed by atoms with van der Waals surface area (Å²) in [6.07, 6.45) is 1.54. The van der Waals surface area contributed by atoms with E-state index in [4.69, 9.17) is 4.42 Å². The second-order valence-electron chi connectivity index (χ2n) is 5.20. The van der Waals surface area contributed by atoms with Crippen molar-refractivity contribution in [3.8, 4) is 6.07 Å². The molecule has 2 rings (SSSR count). The maximum atomic E-state index is 12.2. The van der Waals surface area contributed by atoms with E-state index < -0.39 is 5.25 Å². The number of nitrogens with one attached hydrogen (secondary N) is 1. The Labute approximate surface area is 144 Å². The summed E-state index contributed by atoms with van der Waals surface area (Å²) >= 11 is 1.19. The second-order valence-corrected chi connectivity index (χ2v) is 6.53. The van der Waals surface area contributed by atoms with Gasteiger partial charge >= 0.3 is 0 Å². The van der Waals surface area contributed by atoms with E-state index >= 15 is 0 Å². The number of furan rings is 1. The molecule has 2 aromatic rings. The molecule has 0 aromatic carbocycles. The summed E-state index contributed by atoms with van der Waals surface area (Å²) in [5, 5.41) is 12.0. The zero-order valence-corrected chi connectivity index (χ0v) is 14.4. The summed E-state index contributed by atoms with van der Waals surface area (Å²) in [4.78, 5) is 28.0. The molecule has 1 amide bonds. The van der Waals surface area contributed by atoms with Crippen LogP contribution in [0.1, 0.15) is 41.2 Å². The fraction of sp³-hybridized carbons (Fsp3) is 0.294. The number of hydrogen-bond acceptors (Lipinski definition) is 6. The number of pyridine rings is 1. The van der Waals surface area contributed by atoms with Gasteiger partial charge < -0.3 is 9.73 Å². The van der Waals surface area contributed by atoms with E-state index in [1.807, 2.05) is 6.07 Å². The van der Waals surface area contributed by atoms with Gasteiger partial charge in [-0.2, -0.15) is 5.26 Å². The largest absolute Gasteiger partial charge is 0.467 e. The summed E-state index contributed by atoms with van der Waals surface area (Å²) in [5.74, 6) is 0.339. The quantitative estimate of drug-likeness (QED) is 0.640. The number of rotatable bonds is 6. The third-order valence-corrected chi connectivity index (χ3v) is 4.45. The van der Waals surface area contributed by atoms with Gasteiger partial charge in [0.2, 0.25) is 5.91 Å². The van der Waals surface area contributed by atoms with Gasteiger partial charge in [0.15, 0.2) is 5.78 Å². The van der Waals surface area contributed by atoms with E-state index in [0.717, 1.165) is 0 Å². The third kappa shape index (κ3) is 4.24. The predicted octanol–water partition coefficient (Wildman–Crippen LogP) is 2.85. The molecule has 0 saturated heterocycles. The zero-order chi connectivity index (χ0) is 17.7. The summed E-state index contributed by atoms with van der Waals surface area (Å²) in [6, 6.07) is 7.09. The number of nitriles is 1. The lowest BCUT2D eigenvalue weighted by atomic mass is 10.1. The van der Waals surface area contributed by atoms with Gasteiger partial charge in [-0.15, -0.1) is 0 Å². The Hall–Kier alpha value is -2.59. The average Bonchev–Trinajstić information content (AvgIpc) is 3.05. The number of aryl methyl sites for hydroxylation is 1. The zero-order valence-electron chi connectivity index (χ0n) is 13.6. The molecule has 0 spiro atoms. The summed E-state index contributed by atoms with van der Waals surface area (Å²) in [5.41, 5.74) is 1.26. The maximum Gasteiger partial charge on any atom is 0.233 e. The molecule has 24 heavy (non-hydrogen) atoms. The van der Waals surface area contributed by atoms with Crippen LogP contribution in [0.3, 0.4) is 0 Å². The maximum absolute atomic E-state index is 12.2.